The molecule has 0 aliphatic rings. The van der Waals surface area contributed by atoms with E-state index in [0.29, 0.717) is 10.5 Å². The summed E-state index contributed by atoms with van der Waals surface area (Å²) in [5, 5.41) is 9.04. The highest BCUT2D eigenvalue weighted by Crippen LogP contribution is 2.26. The van der Waals surface area contributed by atoms with Crippen LogP contribution in [0.5, 0.6) is 0 Å². The van der Waals surface area contributed by atoms with Crippen molar-refractivity contribution in [2.24, 2.45) is 0 Å². The van der Waals surface area contributed by atoms with Crippen molar-refractivity contribution in [1.29, 1.82) is 0 Å². The fourth-order valence-electron chi connectivity index (χ4n) is 2.18. The van der Waals surface area contributed by atoms with E-state index in [4.69, 9.17) is 9.84 Å². The van der Waals surface area contributed by atoms with Gasteiger partial charge in [0.25, 0.3) is 0 Å². The molecule has 0 saturated heterocycles. The summed E-state index contributed by atoms with van der Waals surface area (Å²) in [6.07, 6.45) is -4.69. The number of rotatable bonds is 4. The largest absolute Gasteiger partial charge is 0.477 e. The van der Waals surface area contributed by atoms with E-state index >= 15 is 0 Å². The minimum atomic E-state index is -4.68. The van der Waals surface area contributed by atoms with E-state index < -0.39 is 30.4 Å². The number of halogens is 3. The standard InChI is InChI=1S/C18H18F3N3O4/c1-17(2,3)28-16(27)24(10-18(19,20)21)14-9-11(7-8-22-14)12-5-4-6-13(23-12)15(25)26/h4-9H,10H2,1-3H3,(H,25,26). The lowest BCUT2D eigenvalue weighted by molar-refractivity contribution is -0.119. The normalized spacial score (nSPS) is 11.8. The second-order valence-corrected chi connectivity index (χ2v) is 6.80. The van der Waals surface area contributed by atoms with Gasteiger partial charge in [-0.2, -0.15) is 13.2 Å². The molecule has 2 aromatic heterocycles. The monoisotopic (exact) mass is 397 g/mol. The fraction of sp³-hybridized carbons (Fsp3) is 0.333. The van der Waals surface area contributed by atoms with Gasteiger partial charge in [-0.25, -0.2) is 19.6 Å². The van der Waals surface area contributed by atoms with Crippen molar-refractivity contribution >= 4 is 17.9 Å². The summed E-state index contributed by atoms with van der Waals surface area (Å²) in [6.45, 7) is 2.99. The molecule has 0 saturated carbocycles. The lowest BCUT2D eigenvalue weighted by Gasteiger charge is -2.27. The zero-order valence-electron chi connectivity index (χ0n) is 15.3. The molecule has 2 rings (SSSR count). The Balaban J connectivity index is 2.44. The van der Waals surface area contributed by atoms with Crippen LogP contribution in [-0.4, -0.2) is 45.5 Å². The van der Waals surface area contributed by atoms with Crippen molar-refractivity contribution in [3.63, 3.8) is 0 Å². The third-order valence-corrected chi connectivity index (χ3v) is 3.24. The Morgan fingerprint density at radius 2 is 1.86 bits per heavy atom. The number of amides is 1. The van der Waals surface area contributed by atoms with Crippen LogP contribution in [0.2, 0.25) is 0 Å². The lowest BCUT2D eigenvalue weighted by Crippen LogP contribution is -2.42. The first-order chi connectivity index (χ1) is 12.9. The lowest BCUT2D eigenvalue weighted by atomic mass is 10.1. The molecule has 7 nitrogen and oxygen atoms in total. The molecule has 0 fully saturated rings. The van der Waals surface area contributed by atoms with Gasteiger partial charge in [0.1, 0.15) is 23.7 Å². The Labute approximate surface area is 158 Å². The molecule has 10 heteroatoms. The molecule has 0 unspecified atom stereocenters. The number of alkyl halides is 3. The van der Waals surface area contributed by atoms with Gasteiger partial charge >= 0.3 is 18.2 Å². The van der Waals surface area contributed by atoms with Crippen LogP contribution >= 0.6 is 0 Å². The van der Waals surface area contributed by atoms with E-state index in [1.807, 2.05) is 0 Å². The topological polar surface area (TPSA) is 92.6 Å². The highest BCUT2D eigenvalue weighted by Gasteiger charge is 2.36. The number of carboxylic acids is 1. The Morgan fingerprint density at radius 3 is 2.43 bits per heavy atom. The molecule has 0 aliphatic carbocycles. The summed E-state index contributed by atoms with van der Waals surface area (Å²) < 4.78 is 44.0. The number of nitrogens with zero attached hydrogens (tertiary/aromatic N) is 3. The van der Waals surface area contributed by atoms with E-state index in [-0.39, 0.29) is 17.2 Å². The quantitative estimate of drug-likeness (QED) is 0.833. The summed E-state index contributed by atoms with van der Waals surface area (Å²) in [4.78, 5) is 31.5. The number of aromatic carboxylic acids is 1. The first-order valence-corrected chi connectivity index (χ1v) is 8.10. The van der Waals surface area contributed by atoms with Crippen molar-refractivity contribution in [3.05, 3.63) is 42.2 Å². The first-order valence-electron chi connectivity index (χ1n) is 8.10. The van der Waals surface area contributed by atoms with Crippen LogP contribution in [0.25, 0.3) is 11.3 Å². The van der Waals surface area contributed by atoms with E-state index in [2.05, 4.69) is 9.97 Å². The van der Waals surface area contributed by atoms with Crippen molar-refractivity contribution < 1.29 is 32.6 Å². The second kappa shape index (κ2) is 7.83. The number of carboxylic acid groups (broad SMARTS) is 1. The number of anilines is 1. The molecule has 28 heavy (non-hydrogen) atoms. The van der Waals surface area contributed by atoms with Crippen molar-refractivity contribution in [2.75, 3.05) is 11.4 Å². The maximum absolute atomic E-state index is 13.0. The Morgan fingerprint density at radius 1 is 1.18 bits per heavy atom. The fourth-order valence-corrected chi connectivity index (χ4v) is 2.18. The Bertz CT molecular complexity index is 879. The van der Waals surface area contributed by atoms with Crippen LogP contribution < -0.4 is 4.90 Å². The average Bonchev–Trinajstić information content (AvgIpc) is 2.57. The molecule has 0 atom stereocenters. The number of aromatic nitrogens is 2. The number of carbonyl (C=O) groups is 2. The average molecular weight is 397 g/mol. The van der Waals surface area contributed by atoms with Crippen LogP contribution in [0, 0.1) is 0 Å². The van der Waals surface area contributed by atoms with E-state index in [9.17, 15) is 22.8 Å². The van der Waals surface area contributed by atoms with Crippen molar-refractivity contribution in [3.8, 4) is 11.3 Å². The molecule has 0 radical (unpaired) electrons. The third-order valence-electron chi connectivity index (χ3n) is 3.24. The zero-order valence-corrected chi connectivity index (χ0v) is 15.3. The number of hydrogen-bond donors (Lipinski definition) is 1. The molecule has 1 amide bonds. The van der Waals surface area contributed by atoms with Gasteiger partial charge in [0.05, 0.1) is 5.69 Å². The van der Waals surface area contributed by atoms with Crippen molar-refractivity contribution in [2.45, 2.75) is 32.5 Å². The summed E-state index contributed by atoms with van der Waals surface area (Å²) >= 11 is 0. The predicted molar refractivity (Wildman–Crippen MR) is 94.1 cm³/mol. The SMILES string of the molecule is CC(C)(C)OC(=O)N(CC(F)(F)F)c1cc(-c2cccc(C(=O)O)n2)ccn1. The Kier molecular flexibility index (Phi) is 5.91. The van der Waals surface area contributed by atoms with Crippen molar-refractivity contribution in [1.82, 2.24) is 9.97 Å². The van der Waals surface area contributed by atoms with Gasteiger partial charge in [-0.1, -0.05) is 6.07 Å². The number of ether oxygens (including phenoxy) is 1. The number of carbonyl (C=O) groups excluding carboxylic acids is 1. The minimum absolute atomic E-state index is 0.208. The minimum Gasteiger partial charge on any atom is -0.477 e. The maximum atomic E-state index is 13.0. The highest BCUT2D eigenvalue weighted by molar-refractivity contribution is 5.88. The summed E-state index contributed by atoms with van der Waals surface area (Å²) in [5.41, 5.74) is -0.727. The molecule has 2 aromatic rings. The van der Waals surface area contributed by atoms with Gasteiger partial charge in [-0.3, -0.25) is 4.90 Å². The van der Waals surface area contributed by atoms with Gasteiger partial charge in [-0.15, -0.1) is 0 Å². The van der Waals surface area contributed by atoms with Gasteiger partial charge in [0, 0.05) is 11.8 Å². The predicted octanol–water partition coefficient (Wildman–Crippen LogP) is 4.15. The van der Waals surface area contributed by atoms with E-state index in [1.54, 1.807) is 0 Å². The molecule has 0 bridgehead atoms. The third kappa shape index (κ3) is 5.93. The van der Waals surface area contributed by atoms with Crippen LogP contribution in [0.4, 0.5) is 23.8 Å². The van der Waals surface area contributed by atoms with E-state index in [1.165, 1.54) is 57.3 Å². The highest BCUT2D eigenvalue weighted by atomic mass is 19.4. The van der Waals surface area contributed by atoms with Gasteiger partial charge < -0.3 is 9.84 Å². The molecule has 1 N–H and O–H groups in total. The molecule has 150 valence electrons. The van der Waals surface area contributed by atoms with Gasteiger partial charge in [0.15, 0.2) is 0 Å². The molecule has 0 aliphatic heterocycles. The molecule has 0 spiro atoms. The molecular weight excluding hydrogens is 379 g/mol. The van der Waals surface area contributed by atoms with Crippen LogP contribution in [-0.2, 0) is 4.74 Å². The first kappa shape index (κ1) is 21.1. The van der Waals surface area contributed by atoms with Crippen LogP contribution in [0.3, 0.4) is 0 Å². The molecular formula is C18H18F3N3O4. The summed E-state index contributed by atoms with van der Waals surface area (Å²) in [6, 6.07) is 6.88. The number of hydrogen-bond acceptors (Lipinski definition) is 5. The maximum Gasteiger partial charge on any atom is 0.416 e. The number of pyridine rings is 2. The van der Waals surface area contributed by atoms with Crippen LogP contribution in [0.1, 0.15) is 31.3 Å². The Hall–Kier alpha value is -3.17. The summed E-state index contributed by atoms with van der Waals surface area (Å²) in [5.74, 6) is -1.55. The molecule has 0 aromatic carbocycles. The second-order valence-electron chi connectivity index (χ2n) is 6.80. The molecule has 2 heterocycles. The van der Waals surface area contributed by atoms with E-state index in [0.717, 1.165) is 0 Å². The smallest absolute Gasteiger partial charge is 0.416 e. The van der Waals surface area contributed by atoms with Gasteiger partial charge in [-0.05, 0) is 45.0 Å². The zero-order chi connectivity index (χ0) is 21.1. The summed E-state index contributed by atoms with van der Waals surface area (Å²) in [7, 11) is 0. The van der Waals surface area contributed by atoms with Crippen LogP contribution in [0.15, 0.2) is 36.5 Å². The van der Waals surface area contributed by atoms with Gasteiger partial charge in [0.2, 0.25) is 0 Å².